The van der Waals surface area contributed by atoms with Crippen molar-refractivity contribution in [3.8, 4) is 0 Å². The molecule has 0 saturated heterocycles. The number of rotatable bonds is 5. The van der Waals surface area contributed by atoms with E-state index in [9.17, 15) is 4.79 Å². The third-order valence-electron chi connectivity index (χ3n) is 4.18. The zero-order valence-electron chi connectivity index (χ0n) is 12.3. The molecule has 20 heavy (non-hydrogen) atoms. The number of pyridine rings is 1. The molecule has 1 saturated carbocycles. The molecule has 1 aromatic rings. The van der Waals surface area contributed by atoms with Gasteiger partial charge in [-0.1, -0.05) is 44.7 Å². The summed E-state index contributed by atoms with van der Waals surface area (Å²) in [4.78, 5) is 16.5. The summed E-state index contributed by atoms with van der Waals surface area (Å²) >= 11 is 5.99. The Balaban J connectivity index is 1.97. The first-order valence-electron chi connectivity index (χ1n) is 7.54. The minimum Gasteiger partial charge on any atom is -0.352 e. The van der Waals surface area contributed by atoms with Gasteiger partial charge < -0.3 is 5.32 Å². The highest BCUT2D eigenvalue weighted by atomic mass is 35.5. The maximum atomic E-state index is 12.2. The van der Waals surface area contributed by atoms with Crippen LogP contribution in [0.15, 0.2) is 12.1 Å². The molecule has 0 radical (unpaired) electrons. The lowest BCUT2D eigenvalue weighted by molar-refractivity contribution is 0.0944. The molecule has 0 aromatic carbocycles. The molecule has 1 fully saturated rings. The Morgan fingerprint density at radius 1 is 1.45 bits per heavy atom. The molecule has 0 bridgehead atoms. The number of halogens is 1. The first-order chi connectivity index (χ1) is 9.60. The summed E-state index contributed by atoms with van der Waals surface area (Å²) in [5, 5.41) is 3.44. The molecule has 2 unspecified atom stereocenters. The van der Waals surface area contributed by atoms with Gasteiger partial charge in [0.1, 0.15) is 5.15 Å². The summed E-state index contributed by atoms with van der Waals surface area (Å²) in [6, 6.07) is 3.50. The van der Waals surface area contributed by atoms with Gasteiger partial charge in [0.25, 0.3) is 5.91 Å². The highest BCUT2D eigenvalue weighted by Crippen LogP contribution is 2.30. The van der Waals surface area contributed by atoms with Crippen LogP contribution in [-0.4, -0.2) is 17.4 Å². The summed E-state index contributed by atoms with van der Waals surface area (Å²) in [6.45, 7) is 5.12. The topological polar surface area (TPSA) is 42.0 Å². The molecule has 1 aliphatic carbocycles. The van der Waals surface area contributed by atoms with Gasteiger partial charge >= 0.3 is 0 Å². The van der Waals surface area contributed by atoms with Crippen molar-refractivity contribution in [1.82, 2.24) is 10.3 Å². The van der Waals surface area contributed by atoms with Gasteiger partial charge in [0.05, 0.1) is 0 Å². The third kappa shape index (κ3) is 3.95. The Labute approximate surface area is 126 Å². The van der Waals surface area contributed by atoms with Gasteiger partial charge in [-0.2, -0.15) is 0 Å². The average Bonchev–Trinajstić information content (AvgIpc) is 2.81. The molecule has 110 valence electrons. The normalized spacial score (nSPS) is 21.9. The van der Waals surface area contributed by atoms with Crippen LogP contribution in [0.25, 0.3) is 0 Å². The molecule has 1 aliphatic rings. The van der Waals surface area contributed by atoms with Crippen molar-refractivity contribution in [1.29, 1.82) is 0 Å². The summed E-state index contributed by atoms with van der Waals surface area (Å²) in [6.07, 6.45) is 5.62. The third-order valence-corrected chi connectivity index (χ3v) is 4.37. The minimum absolute atomic E-state index is 0.0363. The quantitative estimate of drug-likeness (QED) is 0.838. The fraction of sp³-hybridized carbons (Fsp3) is 0.625. The maximum Gasteiger partial charge on any atom is 0.251 e. The van der Waals surface area contributed by atoms with Gasteiger partial charge in [0.2, 0.25) is 0 Å². The first kappa shape index (κ1) is 15.3. The van der Waals surface area contributed by atoms with E-state index in [1.807, 2.05) is 6.07 Å². The smallest absolute Gasteiger partial charge is 0.251 e. The van der Waals surface area contributed by atoms with E-state index in [0.29, 0.717) is 22.6 Å². The standard InChI is InChI=1S/C16H23ClN2O/c1-3-5-14-8-13(9-15(17)19-14)16(20)18-10-12-7-4-6-11(12)2/h8-9,11-12H,3-7,10H2,1-2H3,(H,18,20). The first-order valence-corrected chi connectivity index (χ1v) is 7.92. The molecule has 1 aromatic heterocycles. The molecule has 2 rings (SSSR count). The Morgan fingerprint density at radius 2 is 2.25 bits per heavy atom. The lowest BCUT2D eigenvalue weighted by Gasteiger charge is -2.16. The van der Waals surface area contributed by atoms with Crippen molar-refractivity contribution in [2.75, 3.05) is 6.54 Å². The van der Waals surface area contributed by atoms with Crippen LogP contribution in [0.3, 0.4) is 0 Å². The van der Waals surface area contributed by atoms with Crippen LogP contribution in [0.1, 0.15) is 55.6 Å². The number of nitrogens with one attached hydrogen (secondary N) is 1. The van der Waals surface area contributed by atoms with Gasteiger partial charge in [0.15, 0.2) is 0 Å². The summed E-state index contributed by atoms with van der Waals surface area (Å²) in [5.41, 5.74) is 1.51. The summed E-state index contributed by atoms with van der Waals surface area (Å²) < 4.78 is 0. The van der Waals surface area contributed by atoms with Gasteiger partial charge in [-0.05, 0) is 36.8 Å². The molecule has 1 amide bonds. The Morgan fingerprint density at radius 3 is 2.90 bits per heavy atom. The van der Waals surface area contributed by atoms with Gasteiger partial charge in [-0.3, -0.25) is 4.79 Å². The fourth-order valence-corrected chi connectivity index (χ4v) is 3.14. The van der Waals surface area contributed by atoms with Crippen molar-refractivity contribution in [3.05, 3.63) is 28.5 Å². The van der Waals surface area contributed by atoms with Crippen molar-refractivity contribution in [2.45, 2.75) is 46.0 Å². The van der Waals surface area contributed by atoms with Crippen LogP contribution in [0.5, 0.6) is 0 Å². The van der Waals surface area contributed by atoms with E-state index < -0.39 is 0 Å². The molecule has 1 N–H and O–H groups in total. The maximum absolute atomic E-state index is 12.2. The van der Waals surface area contributed by atoms with E-state index in [-0.39, 0.29) is 5.91 Å². The van der Waals surface area contributed by atoms with Crippen LogP contribution in [0.4, 0.5) is 0 Å². The number of carbonyl (C=O) groups is 1. The second kappa shape index (κ2) is 7.07. The predicted molar refractivity (Wildman–Crippen MR) is 82.1 cm³/mol. The number of aromatic nitrogens is 1. The highest BCUT2D eigenvalue weighted by Gasteiger charge is 2.23. The molecule has 3 nitrogen and oxygen atoms in total. The largest absolute Gasteiger partial charge is 0.352 e. The predicted octanol–water partition coefficient (Wildman–Crippen LogP) is 3.85. The molecule has 2 atom stereocenters. The van der Waals surface area contributed by atoms with E-state index >= 15 is 0 Å². The summed E-state index contributed by atoms with van der Waals surface area (Å²) in [5.74, 6) is 1.30. The second-order valence-corrected chi connectivity index (χ2v) is 6.19. The summed E-state index contributed by atoms with van der Waals surface area (Å²) in [7, 11) is 0. The van der Waals surface area contributed by atoms with Crippen molar-refractivity contribution < 1.29 is 4.79 Å². The average molecular weight is 295 g/mol. The Hall–Kier alpha value is -1.09. The minimum atomic E-state index is -0.0363. The molecule has 4 heteroatoms. The second-order valence-electron chi connectivity index (χ2n) is 5.80. The van der Waals surface area contributed by atoms with Crippen LogP contribution in [-0.2, 0) is 6.42 Å². The lowest BCUT2D eigenvalue weighted by atomic mass is 9.98. The van der Waals surface area contributed by atoms with Gasteiger partial charge in [-0.15, -0.1) is 0 Å². The van der Waals surface area contributed by atoms with Crippen LogP contribution >= 0.6 is 11.6 Å². The zero-order valence-corrected chi connectivity index (χ0v) is 13.0. The van der Waals surface area contributed by atoms with Crippen molar-refractivity contribution in [3.63, 3.8) is 0 Å². The number of aryl methyl sites for hydroxylation is 1. The van der Waals surface area contributed by atoms with Gasteiger partial charge in [-0.25, -0.2) is 4.98 Å². The van der Waals surface area contributed by atoms with E-state index in [1.54, 1.807) is 6.07 Å². The van der Waals surface area contributed by atoms with Gasteiger partial charge in [0, 0.05) is 17.8 Å². The van der Waals surface area contributed by atoms with Crippen LogP contribution < -0.4 is 5.32 Å². The Bertz CT molecular complexity index is 476. The number of amides is 1. The van der Waals surface area contributed by atoms with Crippen molar-refractivity contribution >= 4 is 17.5 Å². The molecule has 1 heterocycles. The lowest BCUT2D eigenvalue weighted by Crippen LogP contribution is -2.30. The number of hydrogen-bond donors (Lipinski definition) is 1. The molecule has 0 aliphatic heterocycles. The van der Waals surface area contributed by atoms with Crippen LogP contribution in [0, 0.1) is 11.8 Å². The fourth-order valence-electron chi connectivity index (χ4n) is 2.92. The molecular weight excluding hydrogens is 272 g/mol. The van der Waals surface area contributed by atoms with Crippen LogP contribution in [0.2, 0.25) is 5.15 Å². The highest BCUT2D eigenvalue weighted by molar-refractivity contribution is 6.29. The number of hydrogen-bond acceptors (Lipinski definition) is 2. The number of nitrogens with zero attached hydrogens (tertiary/aromatic N) is 1. The van der Waals surface area contributed by atoms with Crippen molar-refractivity contribution in [2.24, 2.45) is 11.8 Å². The van der Waals surface area contributed by atoms with E-state index in [0.717, 1.165) is 25.1 Å². The van der Waals surface area contributed by atoms with E-state index in [2.05, 4.69) is 24.1 Å². The Kier molecular flexibility index (Phi) is 5.41. The number of carbonyl (C=O) groups excluding carboxylic acids is 1. The SMILES string of the molecule is CCCc1cc(C(=O)NCC2CCCC2C)cc(Cl)n1. The molecule has 0 spiro atoms. The zero-order chi connectivity index (χ0) is 14.5. The van der Waals surface area contributed by atoms with E-state index in [4.69, 9.17) is 11.6 Å². The van der Waals surface area contributed by atoms with E-state index in [1.165, 1.54) is 19.3 Å². The monoisotopic (exact) mass is 294 g/mol. The molecular formula is C16H23ClN2O.